The predicted octanol–water partition coefficient (Wildman–Crippen LogP) is 2.31. The quantitative estimate of drug-likeness (QED) is 0.749. The van der Waals surface area contributed by atoms with E-state index in [2.05, 4.69) is 20.4 Å². The van der Waals surface area contributed by atoms with Crippen LogP contribution in [0.2, 0.25) is 0 Å². The van der Waals surface area contributed by atoms with E-state index in [0.29, 0.717) is 11.6 Å². The molecule has 6 nitrogen and oxygen atoms in total. The number of benzene rings is 1. The first-order chi connectivity index (χ1) is 10.8. The highest BCUT2D eigenvalue weighted by atomic mass is 16.1. The van der Waals surface area contributed by atoms with Crippen molar-refractivity contribution in [1.82, 2.24) is 19.7 Å². The molecule has 2 aromatic heterocycles. The van der Waals surface area contributed by atoms with Gasteiger partial charge in [0, 0.05) is 18.5 Å². The lowest BCUT2D eigenvalue weighted by Gasteiger charge is -2.03. The average Bonchev–Trinajstić information content (AvgIpc) is 3.09. The largest absolute Gasteiger partial charge is 0.320 e. The first-order valence-electron chi connectivity index (χ1n) is 6.67. The van der Waals surface area contributed by atoms with Gasteiger partial charge >= 0.3 is 0 Å². The zero-order valence-corrected chi connectivity index (χ0v) is 11.6. The third kappa shape index (κ3) is 3.43. The molecule has 0 fully saturated rings. The van der Waals surface area contributed by atoms with Crippen LogP contribution in [-0.4, -0.2) is 25.7 Å². The number of carbonyl (C=O) groups is 1. The third-order valence-corrected chi connectivity index (χ3v) is 2.84. The topological polar surface area (TPSA) is 72.7 Å². The number of hydrogen-bond acceptors (Lipinski definition) is 4. The third-order valence-electron chi connectivity index (χ3n) is 2.84. The van der Waals surface area contributed by atoms with Crippen LogP contribution in [0.1, 0.15) is 5.56 Å². The van der Waals surface area contributed by atoms with Crippen molar-refractivity contribution in [2.75, 3.05) is 5.32 Å². The fourth-order valence-corrected chi connectivity index (χ4v) is 1.81. The highest BCUT2D eigenvalue weighted by molar-refractivity contribution is 6.01. The summed E-state index contributed by atoms with van der Waals surface area (Å²) in [6, 6.07) is 11.4. The molecule has 22 heavy (non-hydrogen) atoms. The first kappa shape index (κ1) is 13.7. The van der Waals surface area contributed by atoms with Crippen molar-refractivity contribution in [3.8, 4) is 5.95 Å². The molecule has 0 radical (unpaired) electrons. The standard InChI is InChI=1S/C16H13N5O/c22-15(8-7-13-5-2-1-3-6-13)20-14-11-17-16(18-12-14)21-10-4-9-19-21/h1-12H,(H,20,22). The van der Waals surface area contributed by atoms with Crippen LogP contribution in [-0.2, 0) is 4.79 Å². The molecular weight excluding hydrogens is 278 g/mol. The number of carbonyl (C=O) groups excluding carboxylic acids is 1. The van der Waals surface area contributed by atoms with Crippen LogP contribution < -0.4 is 5.32 Å². The monoisotopic (exact) mass is 291 g/mol. The summed E-state index contributed by atoms with van der Waals surface area (Å²) in [5.74, 6) is 0.210. The number of nitrogens with zero attached hydrogens (tertiary/aromatic N) is 4. The normalized spacial score (nSPS) is 10.7. The van der Waals surface area contributed by atoms with Gasteiger partial charge in [0.2, 0.25) is 5.91 Å². The summed E-state index contributed by atoms with van der Waals surface area (Å²) in [7, 11) is 0. The summed E-state index contributed by atoms with van der Waals surface area (Å²) in [5, 5.41) is 6.74. The van der Waals surface area contributed by atoms with E-state index < -0.39 is 0 Å². The molecule has 6 heteroatoms. The van der Waals surface area contributed by atoms with E-state index in [-0.39, 0.29) is 5.91 Å². The Hall–Kier alpha value is -3.28. The van der Waals surface area contributed by atoms with Crippen molar-refractivity contribution < 1.29 is 4.79 Å². The van der Waals surface area contributed by atoms with Gasteiger partial charge in [-0.15, -0.1) is 0 Å². The second-order valence-electron chi connectivity index (χ2n) is 4.46. The van der Waals surface area contributed by atoms with Crippen molar-refractivity contribution in [3.63, 3.8) is 0 Å². The van der Waals surface area contributed by atoms with E-state index in [9.17, 15) is 4.79 Å². The van der Waals surface area contributed by atoms with E-state index in [0.717, 1.165) is 5.56 Å². The summed E-state index contributed by atoms with van der Waals surface area (Å²) in [5.41, 5.74) is 1.49. The summed E-state index contributed by atoms with van der Waals surface area (Å²) < 4.78 is 1.54. The van der Waals surface area contributed by atoms with E-state index in [1.165, 1.54) is 18.5 Å². The minimum atomic E-state index is -0.237. The molecule has 0 saturated carbocycles. The van der Waals surface area contributed by atoms with Gasteiger partial charge in [-0.2, -0.15) is 5.10 Å². The summed E-state index contributed by atoms with van der Waals surface area (Å²) >= 11 is 0. The average molecular weight is 291 g/mol. The summed E-state index contributed by atoms with van der Waals surface area (Å²) in [6.07, 6.45) is 9.69. The van der Waals surface area contributed by atoms with Crippen LogP contribution in [0, 0.1) is 0 Å². The fraction of sp³-hybridized carbons (Fsp3) is 0. The molecule has 1 N–H and O–H groups in total. The molecule has 1 aromatic carbocycles. The molecule has 108 valence electrons. The SMILES string of the molecule is O=C(C=Cc1ccccc1)Nc1cnc(-n2cccn2)nc1. The van der Waals surface area contributed by atoms with Crippen LogP contribution in [0.25, 0.3) is 12.0 Å². The number of hydrogen-bond donors (Lipinski definition) is 1. The molecule has 3 aromatic rings. The van der Waals surface area contributed by atoms with E-state index >= 15 is 0 Å². The lowest BCUT2D eigenvalue weighted by Crippen LogP contribution is -2.09. The van der Waals surface area contributed by atoms with Crippen molar-refractivity contribution in [1.29, 1.82) is 0 Å². The highest BCUT2D eigenvalue weighted by Gasteiger charge is 2.02. The second kappa shape index (κ2) is 6.45. The minimum Gasteiger partial charge on any atom is -0.320 e. The smallest absolute Gasteiger partial charge is 0.250 e. The lowest BCUT2D eigenvalue weighted by atomic mass is 10.2. The Bertz CT molecular complexity index is 764. The van der Waals surface area contributed by atoms with Gasteiger partial charge < -0.3 is 5.32 Å². The van der Waals surface area contributed by atoms with Gasteiger partial charge in [0.05, 0.1) is 18.1 Å². The Morgan fingerprint density at radius 1 is 1.09 bits per heavy atom. The molecule has 0 spiro atoms. The Morgan fingerprint density at radius 2 is 1.86 bits per heavy atom. The fourth-order valence-electron chi connectivity index (χ4n) is 1.81. The summed E-state index contributed by atoms with van der Waals surface area (Å²) in [6.45, 7) is 0. The van der Waals surface area contributed by atoms with Crippen LogP contribution in [0.4, 0.5) is 5.69 Å². The van der Waals surface area contributed by atoms with Gasteiger partial charge in [0.1, 0.15) is 0 Å². The zero-order valence-electron chi connectivity index (χ0n) is 11.6. The molecular formula is C16H13N5O. The predicted molar refractivity (Wildman–Crippen MR) is 83.3 cm³/mol. The molecule has 0 bridgehead atoms. The number of rotatable bonds is 4. The van der Waals surface area contributed by atoms with Crippen LogP contribution in [0.15, 0.2) is 67.3 Å². The van der Waals surface area contributed by atoms with E-state index in [4.69, 9.17) is 0 Å². The van der Waals surface area contributed by atoms with Gasteiger partial charge in [-0.3, -0.25) is 4.79 Å². The van der Waals surface area contributed by atoms with Crippen LogP contribution in [0.3, 0.4) is 0 Å². The number of nitrogens with one attached hydrogen (secondary N) is 1. The van der Waals surface area contributed by atoms with Gasteiger partial charge in [-0.05, 0) is 17.7 Å². The number of aromatic nitrogens is 4. The molecule has 0 atom stereocenters. The lowest BCUT2D eigenvalue weighted by molar-refractivity contribution is -0.111. The maximum absolute atomic E-state index is 11.8. The first-order valence-corrected chi connectivity index (χ1v) is 6.67. The van der Waals surface area contributed by atoms with Crippen molar-refractivity contribution in [3.05, 3.63) is 72.8 Å². The molecule has 0 unspecified atom stereocenters. The molecule has 1 amide bonds. The Kier molecular flexibility index (Phi) is 4.01. The van der Waals surface area contributed by atoms with Crippen molar-refractivity contribution in [2.45, 2.75) is 0 Å². The molecule has 0 saturated heterocycles. The van der Waals surface area contributed by atoms with Crippen LogP contribution >= 0.6 is 0 Å². The van der Waals surface area contributed by atoms with E-state index in [1.807, 2.05) is 30.3 Å². The van der Waals surface area contributed by atoms with Gasteiger partial charge in [0.15, 0.2) is 0 Å². The van der Waals surface area contributed by atoms with Crippen molar-refractivity contribution in [2.24, 2.45) is 0 Å². The minimum absolute atomic E-state index is 0.237. The Labute approximate surface area is 127 Å². The maximum atomic E-state index is 11.8. The number of amides is 1. The Morgan fingerprint density at radius 3 is 2.55 bits per heavy atom. The van der Waals surface area contributed by atoms with Crippen LogP contribution in [0.5, 0.6) is 0 Å². The van der Waals surface area contributed by atoms with Gasteiger partial charge in [-0.1, -0.05) is 30.3 Å². The number of anilines is 1. The Balaban J connectivity index is 1.63. The second-order valence-corrected chi connectivity index (χ2v) is 4.46. The molecule has 0 aliphatic heterocycles. The van der Waals surface area contributed by atoms with Gasteiger partial charge in [0.25, 0.3) is 5.95 Å². The highest BCUT2D eigenvalue weighted by Crippen LogP contribution is 2.06. The van der Waals surface area contributed by atoms with E-state index in [1.54, 1.807) is 29.2 Å². The molecule has 3 rings (SSSR count). The van der Waals surface area contributed by atoms with Crippen molar-refractivity contribution >= 4 is 17.7 Å². The summed E-state index contributed by atoms with van der Waals surface area (Å²) in [4.78, 5) is 20.1. The molecule has 2 heterocycles. The molecule has 0 aliphatic carbocycles. The van der Waals surface area contributed by atoms with Gasteiger partial charge in [-0.25, -0.2) is 14.6 Å². The molecule has 0 aliphatic rings. The maximum Gasteiger partial charge on any atom is 0.250 e. The zero-order chi connectivity index (χ0) is 15.2.